The van der Waals surface area contributed by atoms with Crippen LogP contribution in [0.15, 0.2) is 155 Å². The number of nitrogens with two attached hydrogens (primary N) is 2. The van der Waals surface area contributed by atoms with Crippen LogP contribution in [-0.4, -0.2) is 43.1 Å². The fourth-order valence-corrected chi connectivity index (χ4v) is 6.90. The highest BCUT2D eigenvalue weighted by Crippen LogP contribution is 2.34. The van der Waals surface area contributed by atoms with Crippen molar-refractivity contribution < 1.29 is 23.7 Å². The second-order valence-corrected chi connectivity index (χ2v) is 14.8. The van der Waals surface area contributed by atoms with Crippen LogP contribution < -0.4 is 41.9 Å². The van der Waals surface area contributed by atoms with Gasteiger partial charge in [-0.3, -0.25) is 14.2 Å². The van der Waals surface area contributed by atoms with E-state index in [-0.39, 0.29) is 34.9 Å². The lowest BCUT2D eigenvalue weighted by Gasteiger charge is -2.23. The zero-order valence-corrected chi connectivity index (χ0v) is 36.7. The van der Waals surface area contributed by atoms with E-state index in [1.165, 1.54) is 11.7 Å². The number of carbonyl (C=O) groups excluding carboxylic acids is 1. The Morgan fingerprint density at radius 1 is 0.864 bits per heavy atom. The third-order valence-corrected chi connectivity index (χ3v) is 10.5. The lowest BCUT2D eigenvalue weighted by atomic mass is 10.0. The molecule has 15 nitrogen and oxygen atoms in total. The number of aromatic nitrogens is 1. The van der Waals surface area contributed by atoms with Crippen LogP contribution in [0, 0.1) is 40.9 Å². The number of carbonyl (C=O) groups is 1. The Kier molecular flexibility index (Phi) is 15.3. The molecule has 0 amide bonds. The van der Waals surface area contributed by atoms with E-state index in [0.29, 0.717) is 47.9 Å². The Bertz CT molecular complexity index is 2900. The number of rotatable bonds is 11. The summed E-state index contributed by atoms with van der Waals surface area (Å²) in [6, 6.07) is 46.2. The van der Waals surface area contributed by atoms with E-state index in [0.717, 1.165) is 39.4 Å². The van der Waals surface area contributed by atoms with Crippen LogP contribution in [0.3, 0.4) is 0 Å². The number of nitrogen functional groups attached to an aromatic ring is 1. The topological polar surface area (TPSA) is 227 Å². The predicted octanol–water partition coefficient (Wildman–Crippen LogP) is 7.74. The van der Waals surface area contributed by atoms with Crippen LogP contribution in [0.1, 0.15) is 34.7 Å². The average Bonchev–Trinajstić information content (AvgIpc) is 4.01. The second kappa shape index (κ2) is 21.8. The minimum Gasteiger partial charge on any atom is -0.481 e. The van der Waals surface area contributed by atoms with Gasteiger partial charge < -0.3 is 45.9 Å². The highest BCUT2D eigenvalue weighted by Gasteiger charge is 2.27. The molecule has 5 aromatic carbocycles. The number of ether oxygens (including phenoxy) is 4. The number of nitrogens with one attached hydrogen (secondary N) is 2. The zero-order valence-electron chi connectivity index (χ0n) is 36.7. The third kappa shape index (κ3) is 10.9. The molecule has 0 unspecified atom stereocenters. The molecule has 1 atom stereocenters. The lowest BCUT2D eigenvalue weighted by molar-refractivity contribution is -0.104. The van der Waals surface area contributed by atoms with Crippen molar-refractivity contribution >= 4 is 23.3 Å². The van der Waals surface area contributed by atoms with Gasteiger partial charge in [0, 0.05) is 19.2 Å². The minimum absolute atomic E-state index is 0.00524. The first-order chi connectivity index (χ1) is 32.0. The van der Waals surface area contributed by atoms with Gasteiger partial charge in [-0.15, -0.1) is 0 Å². The van der Waals surface area contributed by atoms with Crippen molar-refractivity contribution in [2.75, 3.05) is 37.3 Å². The highest BCUT2D eigenvalue weighted by molar-refractivity contribution is 5.81. The number of anilines is 3. The van der Waals surface area contributed by atoms with Gasteiger partial charge in [0.05, 0.1) is 53.6 Å². The summed E-state index contributed by atoms with van der Waals surface area (Å²) in [7, 11) is 3.25. The van der Waals surface area contributed by atoms with Crippen molar-refractivity contribution in [3.05, 3.63) is 188 Å². The van der Waals surface area contributed by atoms with Crippen molar-refractivity contribution in [2.24, 2.45) is 5.73 Å². The van der Waals surface area contributed by atoms with Crippen molar-refractivity contribution in [1.29, 1.82) is 15.8 Å². The van der Waals surface area contributed by atoms with Gasteiger partial charge in [-0.1, -0.05) is 91.0 Å². The number of pyridine rings is 1. The smallest absolute Gasteiger partial charge is 0.326 e. The van der Waals surface area contributed by atoms with E-state index in [2.05, 4.69) is 16.7 Å². The standard InChI is InChI=1S/C27H22N4O3.C17H18N4O2.C7H7NO/c1-17-21(15-28)25(32)31(16-18-11-13-20(14-12-18)19-7-3-2-4-8-19)26(24(17)29)34-27-30-22-9-5-6-10-23(22)33-27;1-12(15(9-19)11-22)16(20)17(23-3)21(2)10-14-6-4-13(8-18)5-7-14;1-2-4-7-6(3-1)8-5-9-7/h2-14,27,30H,16,29H2,1H3;4-7,11H,10,20H2,1-3H3;1-4,8H,5H2/b;15-12-,17-16-;/t27-;;/m1../s1. The number of allylic oxidation sites excluding steroid dienone is 2. The maximum Gasteiger partial charge on any atom is 0.326 e. The molecule has 6 aromatic rings. The Hall–Kier alpha value is -9.13. The number of nitriles is 3. The molecule has 0 saturated heterocycles. The first kappa shape index (κ1) is 46.4. The Morgan fingerprint density at radius 3 is 2.09 bits per heavy atom. The van der Waals surface area contributed by atoms with Gasteiger partial charge in [-0.2, -0.15) is 15.8 Å². The molecule has 15 heteroatoms. The van der Waals surface area contributed by atoms with E-state index in [9.17, 15) is 14.9 Å². The molecule has 2 aliphatic heterocycles. The maximum absolute atomic E-state index is 13.2. The van der Waals surface area contributed by atoms with Gasteiger partial charge in [0.15, 0.2) is 13.0 Å². The molecule has 0 saturated carbocycles. The van der Waals surface area contributed by atoms with Crippen molar-refractivity contribution in [2.45, 2.75) is 33.4 Å². The highest BCUT2D eigenvalue weighted by atomic mass is 16.7. The second-order valence-electron chi connectivity index (χ2n) is 14.8. The molecule has 1 aromatic heterocycles. The molecule has 6 N–H and O–H groups in total. The Morgan fingerprint density at radius 2 is 1.48 bits per heavy atom. The largest absolute Gasteiger partial charge is 0.481 e. The maximum atomic E-state index is 13.2. The normalized spacial score (nSPS) is 13.3. The Balaban J connectivity index is 0.000000192. The molecule has 2 aliphatic rings. The zero-order chi connectivity index (χ0) is 47.2. The summed E-state index contributed by atoms with van der Waals surface area (Å²) >= 11 is 0. The number of benzene rings is 5. The summed E-state index contributed by atoms with van der Waals surface area (Å²) in [6.07, 6.45) is -0.394. The fraction of sp³-hybridized carbons (Fsp3) is 0.157. The number of hydrogen-bond donors (Lipinski definition) is 4. The quantitative estimate of drug-likeness (QED) is 0.0321. The number of nitrogens with zero attached hydrogens (tertiary/aromatic N) is 5. The molecule has 0 aliphatic carbocycles. The van der Waals surface area contributed by atoms with E-state index < -0.39 is 12.0 Å². The summed E-state index contributed by atoms with van der Waals surface area (Å²) in [6.45, 7) is 4.52. The number of fused-ring (bicyclic) bond motifs is 2. The van der Waals surface area contributed by atoms with Gasteiger partial charge in [0.1, 0.15) is 29.2 Å². The molecule has 8 rings (SSSR count). The van der Waals surface area contributed by atoms with E-state index in [1.807, 2.05) is 121 Å². The van der Waals surface area contributed by atoms with E-state index >= 15 is 0 Å². The van der Waals surface area contributed by atoms with Crippen molar-refractivity contribution in [3.63, 3.8) is 0 Å². The van der Waals surface area contributed by atoms with Crippen molar-refractivity contribution in [3.8, 4) is 46.7 Å². The van der Waals surface area contributed by atoms with Gasteiger partial charge >= 0.3 is 6.41 Å². The SMILES string of the molecule is CO/C(=C(N)/C(C)=C(/C#N)C=O)N(C)Cc1ccc(C#N)cc1.Cc1c(N)c(O[C@@H]2Nc3ccccc3O2)n(Cc2ccc(-c3ccccc3)cc2)c(=O)c1C#N.c1ccc2c(c1)NCO2. The number of hydrogen-bond acceptors (Lipinski definition) is 14. The minimum atomic E-state index is -0.863. The summed E-state index contributed by atoms with van der Waals surface area (Å²) in [5.74, 6) is 2.11. The van der Waals surface area contributed by atoms with Crippen LogP contribution >= 0.6 is 0 Å². The van der Waals surface area contributed by atoms with Crippen LogP contribution in [0.2, 0.25) is 0 Å². The summed E-state index contributed by atoms with van der Waals surface area (Å²) in [4.78, 5) is 25.9. The van der Waals surface area contributed by atoms with E-state index in [4.69, 9.17) is 40.9 Å². The first-order valence-corrected chi connectivity index (χ1v) is 20.5. The summed E-state index contributed by atoms with van der Waals surface area (Å²) in [5.41, 5.74) is 19.5. The molecule has 0 bridgehead atoms. The van der Waals surface area contributed by atoms with Crippen LogP contribution in [0.5, 0.6) is 17.4 Å². The van der Waals surface area contributed by atoms with Crippen LogP contribution in [0.25, 0.3) is 11.1 Å². The molecule has 0 radical (unpaired) electrons. The van der Waals surface area contributed by atoms with Gasteiger partial charge in [0.2, 0.25) is 11.8 Å². The van der Waals surface area contributed by atoms with Crippen molar-refractivity contribution in [1.82, 2.24) is 9.47 Å². The molecular weight excluding hydrogens is 835 g/mol. The average molecular weight is 882 g/mol. The molecule has 66 heavy (non-hydrogen) atoms. The Labute approximate surface area is 382 Å². The molecule has 3 heterocycles. The first-order valence-electron chi connectivity index (χ1n) is 20.5. The number of para-hydroxylation sites is 4. The number of methoxy groups -OCH3 is 1. The fourth-order valence-electron chi connectivity index (χ4n) is 6.90. The van der Waals surface area contributed by atoms with E-state index in [1.54, 1.807) is 44.0 Å². The summed E-state index contributed by atoms with van der Waals surface area (Å²) < 4.78 is 23.7. The van der Waals surface area contributed by atoms with Gasteiger partial charge in [-0.05, 0) is 78.1 Å². The van der Waals surface area contributed by atoms with Gasteiger partial charge in [0.25, 0.3) is 5.56 Å². The van der Waals surface area contributed by atoms with Gasteiger partial charge in [-0.25, -0.2) is 0 Å². The van der Waals surface area contributed by atoms with Crippen LogP contribution in [0.4, 0.5) is 17.1 Å². The monoisotopic (exact) mass is 881 g/mol. The molecule has 332 valence electrons. The summed E-state index contributed by atoms with van der Waals surface area (Å²) in [5, 5.41) is 33.5. The lowest BCUT2D eigenvalue weighted by Crippen LogP contribution is -2.33. The predicted molar refractivity (Wildman–Crippen MR) is 251 cm³/mol. The molecule has 0 fully saturated rings. The third-order valence-electron chi connectivity index (χ3n) is 10.5. The molecular formula is C51H47N9O6. The number of aldehydes is 1. The van der Waals surface area contributed by atoms with Crippen LogP contribution in [-0.2, 0) is 22.6 Å². The molecule has 0 spiro atoms.